The molecule has 1 amide bonds. The highest BCUT2D eigenvalue weighted by Gasteiger charge is 2.16. The Hall–Kier alpha value is -2.63. The molecular formula is C17H20N4O2. The van der Waals surface area contributed by atoms with E-state index in [4.69, 9.17) is 4.74 Å². The van der Waals surface area contributed by atoms with Crippen molar-refractivity contribution in [2.45, 2.75) is 31.7 Å². The van der Waals surface area contributed by atoms with Crippen molar-refractivity contribution in [2.75, 3.05) is 17.7 Å². The molecule has 1 heterocycles. The summed E-state index contributed by atoms with van der Waals surface area (Å²) in [5.74, 6) is 1.09. The van der Waals surface area contributed by atoms with Gasteiger partial charge in [-0.3, -0.25) is 4.79 Å². The molecule has 1 aliphatic rings. The number of hydrogen-bond donors (Lipinski definition) is 2. The highest BCUT2D eigenvalue weighted by Crippen LogP contribution is 2.20. The molecular weight excluding hydrogens is 292 g/mol. The van der Waals surface area contributed by atoms with Gasteiger partial charge < -0.3 is 15.4 Å². The molecule has 0 atom stereocenters. The van der Waals surface area contributed by atoms with E-state index in [0.717, 1.165) is 18.6 Å². The molecule has 6 heteroatoms. The van der Waals surface area contributed by atoms with Crippen LogP contribution < -0.4 is 15.4 Å². The van der Waals surface area contributed by atoms with E-state index < -0.39 is 0 Å². The molecule has 0 unspecified atom stereocenters. The van der Waals surface area contributed by atoms with Crippen LogP contribution in [-0.4, -0.2) is 29.0 Å². The van der Waals surface area contributed by atoms with Crippen LogP contribution in [0, 0.1) is 0 Å². The standard InChI is InChI=1S/C17H20N4O2/c1-23-15-8-6-14(7-9-15)20-16(22)12-10-18-17(19-11-12)21-13-4-2-3-5-13/h6-11,13H,2-5H2,1H3,(H,20,22)(H,18,19,21). The van der Waals surface area contributed by atoms with E-state index in [1.165, 1.54) is 12.8 Å². The lowest BCUT2D eigenvalue weighted by molar-refractivity contribution is 0.102. The van der Waals surface area contributed by atoms with Crippen molar-refractivity contribution in [1.29, 1.82) is 0 Å². The molecule has 1 aliphatic carbocycles. The molecule has 0 aliphatic heterocycles. The van der Waals surface area contributed by atoms with Crippen LogP contribution in [0.5, 0.6) is 5.75 Å². The summed E-state index contributed by atoms with van der Waals surface area (Å²) in [5.41, 5.74) is 1.13. The second kappa shape index (κ2) is 7.09. The van der Waals surface area contributed by atoms with Crippen LogP contribution in [0.25, 0.3) is 0 Å². The number of carbonyl (C=O) groups is 1. The smallest absolute Gasteiger partial charge is 0.258 e. The average Bonchev–Trinajstić information content (AvgIpc) is 3.09. The van der Waals surface area contributed by atoms with Gasteiger partial charge in [0.25, 0.3) is 5.91 Å². The second-order valence-electron chi connectivity index (χ2n) is 5.60. The number of amides is 1. The number of ether oxygens (including phenoxy) is 1. The maximum absolute atomic E-state index is 12.2. The number of nitrogens with zero attached hydrogens (tertiary/aromatic N) is 2. The van der Waals surface area contributed by atoms with E-state index in [2.05, 4.69) is 20.6 Å². The van der Waals surface area contributed by atoms with Gasteiger partial charge >= 0.3 is 0 Å². The summed E-state index contributed by atoms with van der Waals surface area (Å²) in [4.78, 5) is 20.6. The third kappa shape index (κ3) is 3.97. The molecule has 2 aromatic rings. The first-order valence-corrected chi connectivity index (χ1v) is 7.78. The average molecular weight is 312 g/mol. The first-order valence-electron chi connectivity index (χ1n) is 7.78. The van der Waals surface area contributed by atoms with E-state index in [1.807, 2.05) is 0 Å². The molecule has 3 rings (SSSR count). The number of hydrogen-bond acceptors (Lipinski definition) is 5. The van der Waals surface area contributed by atoms with Crippen molar-refractivity contribution in [3.63, 3.8) is 0 Å². The highest BCUT2D eigenvalue weighted by atomic mass is 16.5. The third-order valence-corrected chi connectivity index (χ3v) is 3.95. The minimum Gasteiger partial charge on any atom is -0.497 e. The zero-order chi connectivity index (χ0) is 16.1. The Morgan fingerprint density at radius 2 is 1.78 bits per heavy atom. The zero-order valence-corrected chi connectivity index (χ0v) is 13.1. The van der Waals surface area contributed by atoms with Crippen LogP contribution in [0.1, 0.15) is 36.0 Å². The van der Waals surface area contributed by atoms with Crippen molar-refractivity contribution in [3.05, 3.63) is 42.2 Å². The fourth-order valence-electron chi connectivity index (χ4n) is 2.65. The van der Waals surface area contributed by atoms with Gasteiger partial charge in [0.15, 0.2) is 0 Å². The van der Waals surface area contributed by atoms with Crippen molar-refractivity contribution < 1.29 is 9.53 Å². The quantitative estimate of drug-likeness (QED) is 0.887. The lowest BCUT2D eigenvalue weighted by Crippen LogP contribution is -2.18. The van der Waals surface area contributed by atoms with E-state index >= 15 is 0 Å². The van der Waals surface area contributed by atoms with Gasteiger partial charge in [0.1, 0.15) is 5.75 Å². The molecule has 1 aromatic carbocycles. The van der Waals surface area contributed by atoms with Crippen LogP contribution in [0.3, 0.4) is 0 Å². The summed E-state index contributed by atoms with van der Waals surface area (Å²) in [6.07, 6.45) is 7.90. The van der Waals surface area contributed by atoms with E-state index in [0.29, 0.717) is 23.2 Å². The van der Waals surface area contributed by atoms with Gasteiger partial charge in [0.2, 0.25) is 5.95 Å². The summed E-state index contributed by atoms with van der Waals surface area (Å²) in [6, 6.07) is 7.61. The van der Waals surface area contributed by atoms with Gasteiger partial charge in [0.05, 0.1) is 12.7 Å². The minimum absolute atomic E-state index is 0.234. The first-order chi connectivity index (χ1) is 11.2. The highest BCUT2D eigenvalue weighted by molar-refractivity contribution is 6.03. The number of aromatic nitrogens is 2. The summed E-state index contributed by atoms with van der Waals surface area (Å²) in [5, 5.41) is 6.11. The maximum atomic E-state index is 12.2. The molecule has 0 saturated heterocycles. The number of benzene rings is 1. The predicted molar refractivity (Wildman–Crippen MR) is 88.9 cm³/mol. The molecule has 6 nitrogen and oxygen atoms in total. The number of anilines is 2. The Morgan fingerprint density at radius 1 is 1.13 bits per heavy atom. The zero-order valence-electron chi connectivity index (χ0n) is 13.1. The summed E-state index contributed by atoms with van der Waals surface area (Å²) in [7, 11) is 1.60. The Labute approximate surface area is 135 Å². The molecule has 1 aromatic heterocycles. The summed E-state index contributed by atoms with van der Waals surface area (Å²) >= 11 is 0. The number of methoxy groups -OCH3 is 1. The van der Waals surface area contributed by atoms with Crippen molar-refractivity contribution in [1.82, 2.24) is 9.97 Å². The molecule has 1 saturated carbocycles. The van der Waals surface area contributed by atoms with Gasteiger partial charge in [0, 0.05) is 24.1 Å². The molecule has 0 bridgehead atoms. The van der Waals surface area contributed by atoms with Crippen LogP contribution in [0.15, 0.2) is 36.7 Å². The van der Waals surface area contributed by atoms with Crippen molar-refractivity contribution in [3.8, 4) is 5.75 Å². The molecule has 23 heavy (non-hydrogen) atoms. The summed E-state index contributed by atoms with van der Waals surface area (Å²) < 4.78 is 5.09. The molecule has 0 radical (unpaired) electrons. The van der Waals surface area contributed by atoms with Gasteiger partial charge in [-0.1, -0.05) is 12.8 Å². The Kier molecular flexibility index (Phi) is 4.71. The third-order valence-electron chi connectivity index (χ3n) is 3.95. The van der Waals surface area contributed by atoms with Gasteiger partial charge in [-0.2, -0.15) is 0 Å². The lowest BCUT2D eigenvalue weighted by Gasteiger charge is -2.11. The van der Waals surface area contributed by atoms with Crippen LogP contribution in [0.4, 0.5) is 11.6 Å². The van der Waals surface area contributed by atoms with E-state index in [9.17, 15) is 4.79 Å². The minimum atomic E-state index is -0.234. The Bertz CT molecular complexity index is 649. The summed E-state index contributed by atoms with van der Waals surface area (Å²) in [6.45, 7) is 0. The van der Waals surface area contributed by atoms with E-state index in [1.54, 1.807) is 43.8 Å². The topological polar surface area (TPSA) is 76.1 Å². The number of nitrogens with one attached hydrogen (secondary N) is 2. The molecule has 1 fully saturated rings. The van der Waals surface area contributed by atoms with E-state index in [-0.39, 0.29) is 5.91 Å². The molecule has 120 valence electrons. The number of rotatable bonds is 5. The largest absolute Gasteiger partial charge is 0.497 e. The monoisotopic (exact) mass is 312 g/mol. The van der Waals surface area contributed by atoms with Gasteiger partial charge in [-0.15, -0.1) is 0 Å². The van der Waals surface area contributed by atoms with Crippen LogP contribution in [-0.2, 0) is 0 Å². The second-order valence-corrected chi connectivity index (χ2v) is 5.60. The Morgan fingerprint density at radius 3 is 2.39 bits per heavy atom. The fourth-order valence-corrected chi connectivity index (χ4v) is 2.65. The lowest BCUT2D eigenvalue weighted by atomic mass is 10.2. The van der Waals surface area contributed by atoms with Crippen molar-refractivity contribution in [2.24, 2.45) is 0 Å². The SMILES string of the molecule is COc1ccc(NC(=O)c2cnc(NC3CCCC3)nc2)cc1. The number of carbonyl (C=O) groups excluding carboxylic acids is 1. The van der Waals surface area contributed by atoms with Crippen molar-refractivity contribution >= 4 is 17.5 Å². The predicted octanol–water partition coefficient (Wildman–Crippen LogP) is 3.09. The first kappa shape index (κ1) is 15.3. The van der Waals surface area contributed by atoms with Gasteiger partial charge in [-0.25, -0.2) is 9.97 Å². The Balaban J connectivity index is 1.60. The normalized spacial score (nSPS) is 14.5. The van der Waals surface area contributed by atoms with Crippen LogP contribution in [0.2, 0.25) is 0 Å². The van der Waals surface area contributed by atoms with Crippen LogP contribution >= 0.6 is 0 Å². The van der Waals surface area contributed by atoms with Gasteiger partial charge in [-0.05, 0) is 37.1 Å². The molecule has 0 spiro atoms. The maximum Gasteiger partial charge on any atom is 0.258 e. The fraction of sp³-hybridized carbons (Fsp3) is 0.353. The molecule has 2 N–H and O–H groups in total.